The van der Waals surface area contributed by atoms with Crippen LogP contribution in [0.15, 0.2) is 0 Å². The van der Waals surface area contributed by atoms with E-state index in [9.17, 15) is 4.79 Å². The molecule has 19 heavy (non-hydrogen) atoms. The van der Waals surface area contributed by atoms with Crippen LogP contribution in [0.3, 0.4) is 0 Å². The zero-order valence-corrected chi connectivity index (χ0v) is 13.2. The minimum atomic E-state index is -0.355. The van der Waals surface area contributed by atoms with Crippen LogP contribution in [0.2, 0.25) is 0 Å². The highest BCUT2D eigenvalue weighted by Gasteiger charge is 2.20. The first-order valence-corrected chi connectivity index (χ1v) is 7.09. The molecule has 112 valence electrons. The Morgan fingerprint density at radius 3 is 1.95 bits per heavy atom. The van der Waals surface area contributed by atoms with E-state index in [1.807, 2.05) is 27.7 Å². The van der Waals surface area contributed by atoms with Crippen molar-refractivity contribution in [3.05, 3.63) is 0 Å². The van der Waals surface area contributed by atoms with Crippen molar-refractivity contribution in [2.75, 3.05) is 0 Å². The van der Waals surface area contributed by atoms with E-state index in [-0.39, 0.29) is 29.8 Å². The number of carbonyl (C=O) groups is 1. The lowest BCUT2D eigenvalue weighted by Crippen LogP contribution is -2.27. The van der Waals surface area contributed by atoms with Gasteiger partial charge in [-0.25, -0.2) is 0 Å². The average molecular weight is 270 g/mol. The van der Waals surface area contributed by atoms with Crippen LogP contribution in [0, 0.1) is 5.92 Å². The van der Waals surface area contributed by atoms with Crippen molar-refractivity contribution >= 4 is 5.97 Å². The summed E-state index contributed by atoms with van der Waals surface area (Å²) in [4.78, 5) is 11.7. The van der Waals surface area contributed by atoms with Crippen LogP contribution in [-0.4, -0.2) is 11.6 Å². The van der Waals surface area contributed by atoms with Gasteiger partial charge in [0, 0.05) is 12.3 Å². The number of rotatable bonds is 8. The van der Waals surface area contributed by atoms with E-state index in [2.05, 4.69) is 6.92 Å². The zero-order chi connectivity index (χ0) is 13.3. The van der Waals surface area contributed by atoms with Crippen LogP contribution in [0.4, 0.5) is 0 Å². The molecule has 1 unspecified atom stereocenters. The SMILES string of the molecule is CCCCCCCCC(C)C(=O)OC(C)(C)C.[N].[N]. The number of unbranched alkanes of at least 4 members (excludes halogenated alkanes) is 5. The first-order chi connectivity index (χ1) is 7.87. The van der Waals surface area contributed by atoms with Crippen molar-refractivity contribution in [1.29, 1.82) is 0 Å². The lowest BCUT2D eigenvalue weighted by atomic mass is 10.0. The number of esters is 1. The summed E-state index contributed by atoms with van der Waals surface area (Å²) >= 11 is 0. The molecule has 4 nitrogen and oxygen atoms in total. The Morgan fingerprint density at radius 2 is 1.47 bits per heavy atom. The van der Waals surface area contributed by atoms with Gasteiger partial charge in [0.15, 0.2) is 0 Å². The molecular formula is C15H30N2O2. The minimum absolute atomic E-state index is 0. The van der Waals surface area contributed by atoms with E-state index in [0.29, 0.717) is 0 Å². The lowest BCUT2D eigenvalue weighted by Gasteiger charge is -2.22. The number of carbonyl (C=O) groups excluding carboxylic acids is 1. The smallest absolute Gasteiger partial charge is 0.309 e. The molecule has 0 fully saturated rings. The van der Waals surface area contributed by atoms with Crippen LogP contribution in [-0.2, 0) is 9.53 Å². The quantitative estimate of drug-likeness (QED) is 0.496. The highest BCUT2D eigenvalue weighted by molar-refractivity contribution is 5.72. The van der Waals surface area contributed by atoms with E-state index in [0.717, 1.165) is 12.8 Å². The van der Waals surface area contributed by atoms with Gasteiger partial charge in [-0.15, -0.1) is 0 Å². The molecule has 0 rings (SSSR count). The van der Waals surface area contributed by atoms with Crippen molar-refractivity contribution in [3.63, 3.8) is 0 Å². The van der Waals surface area contributed by atoms with Gasteiger partial charge in [0.1, 0.15) is 5.60 Å². The fourth-order valence-electron chi connectivity index (χ4n) is 1.75. The molecule has 0 spiro atoms. The van der Waals surface area contributed by atoms with E-state index < -0.39 is 0 Å². The van der Waals surface area contributed by atoms with Crippen LogP contribution in [0.25, 0.3) is 0 Å². The summed E-state index contributed by atoms with van der Waals surface area (Å²) < 4.78 is 5.36. The minimum Gasteiger partial charge on any atom is -0.460 e. The zero-order valence-electron chi connectivity index (χ0n) is 13.2. The molecule has 0 amide bonds. The first-order valence-electron chi connectivity index (χ1n) is 7.09. The molecule has 0 aromatic rings. The maximum atomic E-state index is 11.7. The second-order valence-corrected chi connectivity index (χ2v) is 5.99. The standard InChI is InChI=1S/C15H30O2.2N/c1-6-7-8-9-10-11-12-13(2)14(16)17-15(3,4)5;;/h13H,6-12H2,1-5H3;;. The van der Waals surface area contributed by atoms with E-state index >= 15 is 0 Å². The Bertz CT molecular complexity index is 213. The Kier molecular flexibility index (Phi) is 15.4. The molecule has 4 heteroatoms. The summed E-state index contributed by atoms with van der Waals surface area (Å²) in [6, 6.07) is 0. The second-order valence-electron chi connectivity index (χ2n) is 5.99. The fraction of sp³-hybridized carbons (Fsp3) is 0.933. The summed E-state index contributed by atoms with van der Waals surface area (Å²) in [7, 11) is 0. The molecule has 0 bridgehead atoms. The van der Waals surface area contributed by atoms with Crippen LogP contribution in [0.5, 0.6) is 0 Å². The maximum Gasteiger partial charge on any atom is 0.309 e. The third-order valence-electron chi connectivity index (χ3n) is 2.80. The van der Waals surface area contributed by atoms with Crippen LogP contribution in [0.1, 0.15) is 79.6 Å². The number of hydrogen-bond donors (Lipinski definition) is 0. The fourth-order valence-corrected chi connectivity index (χ4v) is 1.75. The Morgan fingerprint density at radius 1 is 1.00 bits per heavy atom. The highest BCUT2D eigenvalue weighted by Crippen LogP contribution is 2.16. The van der Waals surface area contributed by atoms with Crippen molar-refractivity contribution in [2.45, 2.75) is 85.2 Å². The monoisotopic (exact) mass is 270 g/mol. The van der Waals surface area contributed by atoms with Crippen LogP contribution >= 0.6 is 0 Å². The average Bonchev–Trinajstić information content (AvgIpc) is 2.20. The van der Waals surface area contributed by atoms with E-state index in [4.69, 9.17) is 4.74 Å². The molecule has 0 aliphatic heterocycles. The molecular weight excluding hydrogens is 240 g/mol. The molecule has 0 aliphatic carbocycles. The van der Waals surface area contributed by atoms with Gasteiger partial charge in [-0.3, -0.25) is 4.79 Å². The second kappa shape index (κ2) is 12.4. The first kappa shape index (κ1) is 23.5. The summed E-state index contributed by atoms with van der Waals surface area (Å²) in [6.45, 7) is 9.96. The number of nitrogens with zero attached hydrogens (tertiary/aromatic N) is 2. The Balaban J connectivity index is -0.00000128. The Labute approximate surface area is 119 Å². The largest absolute Gasteiger partial charge is 0.460 e. The lowest BCUT2D eigenvalue weighted by molar-refractivity contribution is -0.159. The number of ether oxygens (including phenoxy) is 1. The van der Waals surface area contributed by atoms with Gasteiger partial charge < -0.3 is 4.74 Å². The van der Waals surface area contributed by atoms with E-state index in [1.165, 1.54) is 32.1 Å². The predicted molar refractivity (Wildman–Crippen MR) is 77.3 cm³/mol. The molecule has 0 saturated carbocycles. The normalized spacial score (nSPS) is 12.1. The molecule has 0 aliphatic rings. The third kappa shape index (κ3) is 15.3. The molecule has 0 heterocycles. The molecule has 6 radical (unpaired) electrons. The van der Waals surface area contributed by atoms with Crippen molar-refractivity contribution < 1.29 is 9.53 Å². The summed E-state index contributed by atoms with van der Waals surface area (Å²) in [5, 5.41) is 0. The Hall–Kier alpha value is -0.610. The summed E-state index contributed by atoms with van der Waals surface area (Å²) in [6.07, 6.45) is 8.60. The predicted octanol–water partition coefficient (Wildman–Crippen LogP) is 3.75. The van der Waals surface area contributed by atoms with Gasteiger partial charge in [0.05, 0.1) is 5.92 Å². The number of hydrogen-bond acceptors (Lipinski definition) is 2. The van der Waals surface area contributed by atoms with Gasteiger partial charge in [-0.2, -0.15) is 0 Å². The molecule has 0 aromatic heterocycles. The van der Waals surface area contributed by atoms with Gasteiger partial charge >= 0.3 is 5.97 Å². The van der Waals surface area contributed by atoms with Crippen molar-refractivity contribution in [3.8, 4) is 0 Å². The van der Waals surface area contributed by atoms with Crippen molar-refractivity contribution in [2.24, 2.45) is 5.92 Å². The molecule has 0 saturated heterocycles. The molecule has 0 N–H and O–H groups in total. The van der Waals surface area contributed by atoms with Gasteiger partial charge in [0.2, 0.25) is 0 Å². The highest BCUT2D eigenvalue weighted by atomic mass is 16.6. The molecule has 1 atom stereocenters. The maximum absolute atomic E-state index is 11.7. The molecule has 0 aromatic carbocycles. The third-order valence-corrected chi connectivity index (χ3v) is 2.80. The van der Waals surface area contributed by atoms with E-state index in [1.54, 1.807) is 0 Å². The van der Waals surface area contributed by atoms with Gasteiger partial charge in [-0.05, 0) is 27.2 Å². The van der Waals surface area contributed by atoms with Gasteiger partial charge in [0.25, 0.3) is 0 Å². The summed E-state index contributed by atoms with van der Waals surface area (Å²) in [5.74, 6) is -0.00791. The summed E-state index contributed by atoms with van der Waals surface area (Å²) in [5.41, 5.74) is -0.355. The topological polar surface area (TPSA) is 87.3 Å². The van der Waals surface area contributed by atoms with Crippen molar-refractivity contribution in [1.82, 2.24) is 12.3 Å². The van der Waals surface area contributed by atoms with Crippen LogP contribution < -0.4 is 12.3 Å². The van der Waals surface area contributed by atoms with Gasteiger partial charge in [-0.1, -0.05) is 52.4 Å².